The fourth-order valence-electron chi connectivity index (χ4n) is 2.51. The third-order valence-electron chi connectivity index (χ3n) is 4.86. The molecule has 1 atom stereocenters. The second-order valence-corrected chi connectivity index (χ2v) is 8.48. The Morgan fingerprint density at radius 3 is 1.70 bits per heavy atom. The lowest BCUT2D eigenvalue weighted by Gasteiger charge is -2.26. The molecule has 0 aromatic carbocycles. The highest BCUT2D eigenvalue weighted by Crippen LogP contribution is 2.21. The summed E-state index contributed by atoms with van der Waals surface area (Å²) >= 11 is 0. The van der Waals surface area contributed by atoms with Crippen molar-refractivity contribution in [3.63, 3.8) is 0 Å². The van der Waals surface area contributed by atoms with Crippen LogP contribution >= 0.6 is 0 Å². The van der Waals surface area contributed by atoms with Crippen molar-refractivity contribution in [2.24, 2.45) is 5.41 Å². The Bertz CT molecular complexity index is 421. The highest BCUT2D eigenvalue weighted by atomic mass is 16.5. The summed E-state index contributed by atoms with van der Waals surface area (Å²) in [4.78, 5) is 23.3. The molecule has 158 valence electrons. The second kappa shape index (κ2) is 15.7. The summed E-state index contributed by atoms with van der Waals surface area (Å²) in [5.74, 6) is -0.994. The summed E-state index contributed by atoms with van der Waals surface area (Å²) in [6.07, 6.45) is 15.9. The van der Waals surface area contributed by atoms with Crippen LogP contribution in [0.2, 0.25) is 0 Å². The summed E-state index contributed by atoms with van der Waals surface area (Å²) in [5, 5.41) is 0. The molecular weight excluding hydrogens is 340 g/mol. The monoisotopic (exact) mass is 382 g/mol. The first-order valence-electron chi connectivity index (χ1n) is 10.8. The number of carbonyl (C=O) groups is 2. The number of unbranched alkanes of at least 4 members (excludes halogenated alkanes) is 10. The number of hydrogen-bond acceptors (Lipinski definition) is 4. The molecule has 0 aliphatic carbocycles. The van der Waals surface area contributed by atoms with Crippen LogP contribution in [0, 0.1) is 5.41 Å². The molecule has 0 fully saturated rings. The van der Waals surface area contributed by atoms with E-state index in [1.165, 1.54) is 57.8 Å². The molecule has 0 aliphatic heterocycles. The molecule has 1 unspecified atom stereocenters. The van der Waals surface area contributed by atoms with E-state index < -0.39 is 11.9 Å². The lowest BCUT2D eigenvalue weighted by atomic mass is 9.90. The molecule has 0 aromatic heterocycles. The minimum atomic E-state index is -0.510. The molecule has 0 bridgehead atoms. The average molecular weight is 383 g/mol. The molecule has 27 heavy (non-hydrogen) atoms. The van der Waals surface area contributed by atoms with Crippen LogP contribution in [0.4, 0.5) is 0 Å². The van der Waals surface area contributed by atoms with E-state index in [0.29, 0.717) is 6.61 Å². The Balaban J connectivity index is 3.57. The van der Waals surface area contributed by atoms with Gasteiger partial charge in [-0.1, -0.05) is 91.9 Å². The van der Waals surface area contributed by atoms with Crippen LogP contribution in [0.5, 0.6) is 0 Å². The maximum Gasteiger partial charge on any atom is 0.331 e. The Morgan fingerprint density at radius 2 is 1.22 bits per heavy atom. The largest absolute Gasteiger partial charge is 0.463 e. The van der Waals surface area contributed by atoms with E-state index in [2.05, 4.69) is 6.92 Å². The predicted octanol–water partition coefficient (Wildman–Crippen LogP) is 6.37. The third-order valence-corrected chi connectivity index (χ3v) is 4.86. The van der Waals surface area contributed by atoms with Gasteiger partial charge in [0.1, 0.15) is 6.10 Å². The van der Waals surface area contributed by atoms with Gasteiger partial charge >= 0.3 is 11.9 Å². The zero-order valence-electron chi connectivity index (χ0n) is 18.4. The number of ether oxygens (including phenoxy) is 2. The first-order chi connectivity index (χ1) is 12.8. The number of esters is 2. The molecule has 0 amide bonds. The normalized spacial score (nSPS) is 12.9. The third kappa shape index (κ3) is 16.6. The van der Waals surface area contributed by atoms with Gasteiger partial charge in [0.05, 0.1) is 6.61 Å². The van der Waals surface area contributed by atoms with Crippen molar-refractivity contribution in [3.8, 4) is 0 Å². The summed E-state index contributed by atoms with van der Waals surface area (Å²) in [7, 11) is 0. The van der Waals surface area contributed by atoms with Crippen LogP contribution in [0.25, 0.3) is 0 Å². The van der Waals surface area contributed by atoms with Crippen molar-refractivity contribution in [3.05, 3.63) is 12.2 Å². The SMILES string of the molecule is CCCCCCCCCCCCCOC(=O)/C=C/C(=O)OC(C)C(C)(C)C. The van der Waals surface area contributed by atoms with Crippen molar-refractivity contribution in [1.82, 2.24) is 0 Å². The van der Waals surface area contributed by atoms with E-state index in [1.54, 1.807) is 0 Å². The highest BCUT2D eigenvalue weighted by Gasteiger charge is 2.22. The highest BCUT2D eigenvalue weighted by molar-refractivity contribution is 5.91. The van der Waals surface area contributed by atoms with Crippen LogP contribution in [0.3, 0.4) is 0 Å². The first-order valence-corrected chi connectivity index (χ1v) is 10.8. The summed E-state index contributed by atoms with van der Waals surface area (Å²) in [6, 6.07) is 0. The van der Waals surface area contributed by atoms with Crippen LogP contribution < -0.4 is 0 Å². The van der Waals surface area contributed by atoms with E-state index in [-0.39, 0.29) is 11.5 Å². The van der Waals surface area contributed by atoms with Crippen molar-refractivity contribution >= 4 is 11.9 Å². The van der Waals surface area contributed by atoms with E-state index in [1.807, 2.05) is 27.7 Å². The van der Waals surface area contributed by atoms with Gasteiger partial charge < -0.3 is 9.47 Å². The Morgan fingerprint density at radius 1 is 0.778 bits per heavy atom. The van der Waals surface area contributed by atoms with Gasteiger partial charge in [-0.3, -0.25) is 0 Å². The van der Waals surface area contributed by atoms with Crippen molar-refractivity contribution in [2.45, 2.75) is 111 Å². The standard InChI is InChI=1S/C23H42O4/c1-6-7-8-9-10-11-12-13-14-15-16-19-26-21(24)17-18-22(25)27-20(2)23(3,4)5/h17-18,20H,6-16,19H2,1-5H3/b18-17+. The molecule has 0 radical (unpaired) electrons. The lowest BCUT2D eigenvalue weighted by Crippen LogP contribution is -2.28. The lowest BCUT2D eigenvalue weighted by molar-refractivity contribution is -0.147. The van der Waals surface area contributed by atoms with Gasteiger partial charge in [-0.2, -0.15) is 0 Å². The Kier molecular flexibility index (Phi) is 14.9. The number of hydrogen-bond donors (Lipinski definition) is 0. The second-order valence-electron chi connectivity index (χ2n) is 8.48. The van der Waals surface area contributed by atoms with Gasteiger partial charge in [0.15, 0.2) is 0 Å². The minimum absolute atomic E-state index is 0.126. The molecule has 0 rings (SSSR count). The summed E-state index contributed by atoms with van der Waals surface area (Å²) in [5.41, 5.74) is -0.126. The molecular formula is C23H42O4. The van der Waals surface area contributed by atoms with Crippen LogP contribution in [-0.2, 0) is 19.1 Å². The first kappa shape index (κ1) is 25.7. The van der Waals surface area contributed by atoms with E-state index in [4.69, 9.17) is 9.47 Å². The maximum absolute atomic E-state index is 11.7. The van der Waals surface area contributed by atoms with E-state index >= 15 is 0 Å². The van der Waals surface area contributed by atoms with Gasteiger partial charge in [-0.05, 0) is 18.8 Å². The molecule has 4 heteroatoms. The zero-order chi connectivity index (χ0) is 20.5. The van der Waals surface area contributed by atoms with Crippen LogP contribution in [-0.4, -0.2) is 24.6 Å². The average Bonchev–Trinajstić information content (AvgIpc) is 2.60. The van der Waals surface area contributed by atoms with Crippen LogP contribution in [0.1, 0.15) is 105 Å². The molecule has 0 N–H and O–H groups in total. The van der Waals surface area contributed by atoms with Gasteiger partial charge in [-0.15, -0.1) is 0 Å². The van der Waals surface area contributed by atoms with Crippen LogP contribution in [0.15, 0.2) is 12.2 Å². The van der Waals surface area contributed by atoms with Gasteiger partial charge in [0, 0.05) is 12.2 Å². The molecule has 0 aromatic rings. The van der Waals surface area contributed by atoms with Crippen molar-refractivity contribution < 1.29 is 19.1 Å². The quantitative estimate of drug-likeness (QED) is 0.187. The summed E-state index contributed by atoms with van der Waals surface area (Å²) < 4.78 is 10.4. The number of carbonyl (C=O) groups excluding carboxylic acids is 2. The number of rotatable bonds is 15. The Hall–Kier alpha value is -1.32. The molecule has 4 nitrogen and oxygen atoms in total. The summed E-state index contributed by atoms with van der Waals surface area (Å²) in [6.45, 7) is 10.5. The fraction of sp³-hybridized carbons (Fsp3) is 0.826. The van der Waals surface area contributed by atoms with E-state index in [0.717, 1.165) is 25.0 Å². The molecule has 0 spiro atoms. The topological polar surface area (TPSA) is 52.6 Å². The fourth-order valence-corrected chi connectivity index (χ4v) is 2.51. The zero-order valence-corrected chi connectivity index (χ0v) is 18.4. The molecule has 0 heterocycles. The molecule has 0 saturated heterocycles. The van der Waals surface area contributed by atoms with Gasteiger partial charge in [0.25, 0.3) is 0 Å². The van der Waals surface area contributed by atoms with Gasteiger partial charge in [-0.25, -0.2) is 9.59 Å². The molecule has 0 saturated carbocycles. The smallest absolute Gasteiger partial charge is 0.331 e. The predicted molar refractivity (Wildman–Crippen MR) is 112 cm³/mol. The van der Waals surface area contributed by atoms with Gasteiger partial charge in [0.2, 0.25) is 0 Å². The van der Waals surface area contributed by atoms with E-state index in [9.17, 15) is 9.59 Å². The Labute approximate surface area is 167 Å². The minimum Gasteiger partial charge on any atom is -0.463 e. The van der Waals surface area contributed by atoms with Crippen molar-refractivity contribution in [1.29, 1.82) is 0 Å². The molecule has 0 aliphatic rings. The van der Waals surface area contributed by atoms with Crippen molar-refractivity contribution in [2.75, 3.05) is 6.61 Å². The maximum atomic E-state index is 11.7.